The number of sulfonamides is 1. The Morgan fingerprint density at radius 3 is 2.12 bits per heavy atom. The van der Waals surface area contributed by atoms with Crippen molar-refractivity contribution in [2.45, 2.75) is 50.5 Å². The monoisotopic (exact) mass is 379 g/mol. The molecule has 0 spiro atoms. The second-order valence-electron chi connectivity index (χ2n) is 7.56. The molecule has 2 fully saturated rings. The Morgan fingerprint density at radius 2 is 1.58 bits per heavy atom. The number of anilines is 1. The molecule has 0 bridgehead atoms. The number of nitrogens with one attached hydrogen (secondary N) is 1. The molecule has 2 saturated heterocycles. The number of amides is 1. The summed E-state index contributed by atoms with van der Waals surface area (Å²) in [5.74, 6) is 0.641. The summed E-state index contributed by atoms with van der Waals surface area (Å²) in [5, 5.41) is 2.66. The minimum Gasteiger partial charge on any atom is -0.326 e. The summed E-state index contributed by atoms with van der Waals surface area (Å²) in [6, 6.07) is 6.92. The van der Waals surface area contributed by atoms with Crippen LogP contribution in [0.3, 0.4) is 0 Å². The molecule has 1 aromatic carbocycles. The van der Waals surface area contributed by atoms with Crippen molar-refractivity contribution in [2.75, 3.05) is 31.5 Å². The SMILES string of the molecule is CC(=O)Nc1ccc(S(=O)(=O)N2CCC(N3CCC(C)CC3)CC2)cc1. The van der Waals surface area contributed by atoms with Crippen LogP contribution in [0.15, 0.2) is 29.2 Å². The van der Waals surface area contributed by atoms with Crippen molar-refractivity contribution in [3.05, 3.63) is 24.3 Å². The van der Waals surface area contributed by atoms with E-state index in [1.54, 1.807) is 28.6 Å². The first-order valence-corrected chi connectivity index (χ1v) is 10.9. The lowest BCUT2D eigenvalue weighted by Gasteiger charge is -2.41. The van der Waals surface area contributed by atoms with Crippen LogP contribution in [0.25, 0.3) is 0 Å². The van der Waals surface area contributed by atoms with Crippen LogP contribution in [0.1, 0.15) is 39.5 Å². The second-order valence-corrected chi connectivity index (χ2v) is 9.50. The summed E-state index contributed by atoms with van der Waals surface area (Å²) in [5.41, 5.74) is 0.606. The first-order valence-electron chi connectivity index (χ1n) is 9.48. The van der Waals surface area contributed by atoms with E-state index in [1.807, 2.05) is 0 Å². The standard InChI is InChI=1S/C19H29N3O3S/c1-15-7-11-21(12-8-15)18-9-13-22(14-10-18)26(24,25)19-5-3-17(4-6-19)20-16(2)23/h3-6,15,18H,7-14H2,1-2H3,(H,20,23). The topological polar surface area (TPSA) is 69.7 Å². The maximum absolute atomic E-state index is 12.9. The zero-order valence-electron chi connectivity index (χ0n) is 15.6. The minimum absolute atomic E-state index is 0.171. The summed E-state index contributed by atoms with van der Waals surface area (Å²) >= 11 is 0. The summed E-state index contributed by atoms with van der Waals surface area (Å²) in [7, 11) is -3.47. The minimum atomic E-state index is -3.47. The van der Waals surface area contributed by atoms with Crippen molar-refractivity contribution in [1.29, 1.82) is 0 Å². The van der Waals surface area contributed by atoms with Crippen molar-refractivity contribution in [1.82, 2.24) is 9.21 Å². The van der Waals surface area contributed by atoms with Gasteiger partial charge in [-0.25, -0.2) is 8.42 Å². The maximum Gasteiger partial charge on any atom is 0.243 e. The predicted molar refractivity (Wildman–Crippen MR) is 102 cm³/mol. The fraction of sp³-hybridized carbons (Fsp3) is 0.632. The highest BCUT2D eigenvalue weighted by Crippen LogP contribution is 2.27. The van der Waals surface area contributed by atoms with Crippen LogP contribution in [-0.2, 0) is 14.8 Å². The third kappa shape index (κ3) is 4.45. The Morgan fingerprint density at radius 1 is 1.00 bits per heavy atom. The van der Waals surface area contributed by atoms with Crippen molar-refractivity contribution in [2.24, 2.45) is 5.92 Å². The van der Waals surface area contributed by atoms with Gasteiger partial charge >= 0.3 is 0 Å². The molecule has 0 saturated carbocycles. The predicted octanol–water partition coefficient (Wildman–Crippen LogP) is 2.53. The van der Waals surface area contributed by atoms with Crippen LogP contribution in [0.4, 0.5) is 5.69 Å². The fourth-order valence-electron chi connectivity index (χ4n) is 3.90. The van der Waals surface area contributed by atoms with Crippen molar-refractivity contribution >= 4 is 21.6 Å². The molecule has 0 atom stereocenters. The van der Waals surface area contributed by atoms with E-state index in [1.165, 1.54) is 19.8 Å². The van der Waals surface area contributed by atoms with Crippen LogP contribution >= 0.6 is 0 Å². The molecule has 2 aliphatic heterocycles. The zero-order valence-corrected chi connectivity index (χ0v) is 16.5. The molecule has 1 aromatic rings. The van der Waals surface area contributed by atoms with E-state index in [2.05, 4.69) is 17.1 Å². The van der Waals surface area contributed by atoms with Gasteiger partial charge in [0.15, 0.2) is 0 Å². The van der Waals surface area contributed by atoms with Gasteiger partial charge in [0.1, 0.15) is 0 Å². The normalized spacial score (nSPS) is 21.6. The average molecular weight is 380 g/mol. The van der Waals surface area contributed by atoms with Crippen LogP contribution < -0.4 is 5.32 Å². The highest BCUT2D eigenvalue weighted by Gasteiger charge is 2.32. The molecular weight excluding hydrogens is 350 g/mol. The van der Waals surface area contributed by atoms with Gasteiger partial charge in [-0.3, -0.25) is 4.79 Å². The Bertz CT molecular complexity index is 717. The number of rotatable bonds is 4. The lowest BCUT2D eigenvalue weighted by molar-refractivity contribution is -0.114. The summed E-state index contributed by atoms with van der Waals surface area (Å²) in [6.07, 6.45) is 4.30. The molecule has 0 unspecified atom stereocenters. The molecule has 26 heavy (non-hydrogen) atoms. The summed E-state index contributed by atoms with van der Waals surface area (Å²) in [6.45, 7) is 7.17. The lowest BCUT2D eigenvalue weighted by atomic mass is 9.95. The Balaban J connectivity index is 1.60. The number of carbonyl (C=O) groups is 1. The number of hydrogen-bond acceptors (Lipinski definition) is 4. The van der Waals surface area contributed by atoms with E-state index in [4.69, 9.17) is 0 Å². The van der Waals surface area contributed by atoms with Crippen LogP contribution in [0, 0.1) is 5.92 Å². The molecule has 0 aliphatic carbocycles. The number of piperidine rings is 2. The number of carbonyl (C=O) groups excluding carboxylic acids is 1. The first kappa shape index (κ1) is 19.3. The van der Waals surface area contributed by atoms with E-state index < -0.39 is 10.0 Å². The van der Waals surface area contributed by atoms with Gasteiger partial charge in [-0.2, -0.15) is 4.31 Å². The van der Waals surface area contributed by atoms with Crippen LogP contribution in [0.2, 0.25) is 0 Å². The fourth-order valence-corrected chi connectivity index (χ4v) is 5.37. The van der Waals surface area contributed by atoms with Gasteiger partial charge in [-0.1, -0.05) is 6.92 Å². The van der Waals surface area contributed by atoms with Crippen molar-refractivity contribution < 1.29 is 13.2 Å². The van der Waals surface area contributed by atoms with E-state index in [-0.39, 0.29) is 10.8 Å². The molecule has 3 rings (SSSR count). The molecule has 1 N–H and O–H groups in total. The van der Waals surface area contributed by atoms with E-state index in [9.17, 15) is 13.2 Å². The van der Waals surface area contributed by atoms with E-state index in [0.29, 0.717) is 24.8 Å². The molecule has 1 amide bonds. The van der Waals surface area contributed by atoms with Crippen molar-refractivity contribution in [3.8, 4) is 0 Å². The average Bonchev–Trinajstić information content (AvgIpc) is 2.62. The molecule has 6 nitrogen and oxygen atoms in total. The highest BCUT2D eigenvalue weighted by atomic mass is 32.2. The molecule has 2 aliphatic rings. The third-order valence-corrected chi connectivity index (χ3v) is 7.48. The van der Waals surface area contributed by atoms with Crippen LogP contribution in [-0.4, -0.2) is 55.8 Å². The highest BCUT2D eigenvalue weighted by molar-refractivity contribution is 7.89. The quantitative estimate of drug-likeness (QED) is 0.873. The number of likely N-dealkylation sites (tertiary alicyclic amines) is 1. The van der Waals surface area contributed by atoms with E-state index >= 15 is 0 Å². The van der Waals surface area contributed by atoms with Gasteiger partial charge in [0.25, 0.3) is 0 Å². The Labute approximate surface area is 156 Å². The van der Waals surface area contributed by atoms with Gasteiger partial charge in [-0.05, 0) is 69.0 Å². The smallest absolute Gasteiger partial charge is 0.243 e. The first-order chi connectivity index (χ1) is 12.4. The molecule has 2 heterocycles. The molecule has 0 aromatic heterocycles. The van der Waals surface area contributed by atoms with Gasteiger partial charge in [0.05, 0.1) is 4.90 Å². The second kappa shape index (κ2) is 8.06. The zero-order chi connectivity index (χ0) is 18.7. The molecule has 144 valence electrons. The molecular formula is C19H29N3O3S. The maximum atomic E-state index is 12.9. The van der Waals surface area contributed by atoms with Crippen molar-refractivity contribution in [3.63, 3.8) is 0 Å². The number of hydrogen-bond donors (Lipinski definition) is 1. The summed E-state index contributed by atoms with van der Waals surface area (Å²) < 4.78 is 27.3. The molecule has 0 radical (unpaired) electrons. The Kier molecular flexibility index (Phi) is 5.99. The van der Waals surface area contributed by atoms with Gasteiger partial charge in [0, 0.05) is 31.7 Å². The van der Waals surface area contributed by atoms with Gasteiger partial charge in [0.2, 0.25) is 15.9 Å². The van der Waals surface area contributed by atoms with Gasteiger partial charge < -0.3 is 10.2 Å². The third-order valence-electron chi connectivity index (χ3n) is 5.57. The van der Waals surface area contributed by atoms with Crippen LogP contribution in [0.5, 0.6) is 0 Å². The van der Waals surface area contributed by atoms with E-state index in [0.717, 1.165) is 31.8 Å². The summed E-state index contributed by atoms with van der Waals surface area (Å²) in [4.78, 5) is 13.9. The number of benzene rings is 1. The number of nitrogens with zero attached hydrogens (tertiary/aromatic N) is 2. The lowest BCUT2D eigenvalue weighted by Crippen LogP contribution is -2.48. The Hall–Kier alpha value is -1.44. The molecule has 7 heteroatoms. The largest absolute Gasteiger partial charge is 0.326 e. The van der Waals surface area contributed by atoms with Gasteiger partial charge in [-0.15, -0.1) is 0 Å².